The summed E-state index contributed by atoms with van der Waals surface area (Å²) in [6.07, 6.45) is 2.40. The number of rotatable bonds is 16. The van der Waals surface area contributed by atoms with Crippen LogP contribution in [0.15, 0.2) is 0 Å². The van der Waals surface area contributed by atoms with Gasteiger partial charge in [-0.1, -0.05) is 20.8 Å². The molecule has 0 aliphatic rings. The van der Waals surface area contributed by atoms with E-state index in [2.05, 4.69) is 26.5 Å². The number of hydrogen-bond acceptors (Lipinski definition) is 6. The molecule has 0 aromatic rings. The average molecular weight is 459 g/mol. The monoisotopic (exact) mass is 458 g/mol. The lowest BCUT2D eigenvalue weighted by Crippen LogP contribution is -2.42. The Hall–Kier alpha value is -2.00. The summed E-state index contributed by atoms with van der Waals surface area (Å²) in [5.74, 6) is -2.07. The molecular formula is C23H44N3O6+. The Bertz CT molecular complexity index is 615. The van der Waals surface area contributed by atoms with Crippen LogP contribution in [0.25, 0.3) is 0 Å². The van der Waals surface area contributed by atoms with Gasteiger partial charge in [0, 0.05) is 31.3 Å². The third-order valence-electron chi connectivity index (χ3n) is 5.47. The summed E-state index contributed by atoms with van der Waals surface area (Å²) in [7, 11) is 7.82. The Labute approximate surface area is 193 Å². The minimum atomic E-state index is -0.852. The van der Waals surface area contributed by atoms with Gasteiger partial charge in [0.2, 0.25) is 11.8 Å². The van der Waals surface area contributed by atoms with Crippen LogP contribution in [0.3, 0.4) is 0 Å². The van der Waals surface area contributed by atoms with E-state index in [0.717, 1.165) is 17.4 Å². The first kappa shape index (κ1) is 30.0. The number of esters is 1. The van der Waals surface area contributed by atoms with Gasteiger partial charge in [-0.05, 0) is 19.3 Å². The molecule has 0 aliphatic heterocycles. The second-order valence-corrected chi connectivity index (χ2v) is 10.0. The van der Waals surface area contributed by atoms with Crippen LogP contribution in [0, 0.1) is 17.3 Å². The summed E-state index contributed by atoms with van der Waals surface area (Å²) >= 11 is 0. The highest BCUT2D eigenvalue weighted by atomic mass is 16.5. The number of quaternary nitrogens is 1. The first-order chi connectivity index (χ1) is 14.8. The third-order valence-corrected chi connectivity index (χ3v) is 5.47. The van der Waals surface area contributed by atoms with Gasteiger partial charge in [0.05, 0.1) is 46.8 Å². The van der Waals surface area contributed by atoms with Gasteiger partial charge in [0.1, 0.15) is 12.9 Å². The zero-order chi connectivity index (χ0) is 24.9. The molecular weight excluding hydrogens is 414 g/mol. The van der Waals surface area contributed by atoms with E-state index < -0.39 is 23.2 Å². The molecule has 2 amide bonds. The largest absolute Gasteiger partial charge is 0.463 e. The van der Waals surface area contributed by atoms with Crippen LogP contribution in [-0.4, -0.2) is 99.6 Å². The van der Waals surface area contributed by atoms with E-state index >= 15 is 0 Å². The summed E-state index contributed by atoms with van der Waals surface area (Å²) in [5.41, 5.74) is -0.852. The number of nitrogens with one attached hydrogen (secondary N) is 1. The molecule has 0 saturated carbocycles. The molecule has 0 aromatic carbocycles. The number of aldehydes is 1. The number of nitrogens with zero attached hydrogens (tertiary/aromatic N) is 2. The Balaban J connectivity index is 5.29. The van der Waals surface area contributed by atoms with Crippen LogP contribution in [-0.2, 0) is 23.9 Å². The van der Waals surface area contributed by atoms with Gasteiger partial charge in [-0.15, -0.1) is 0 Å². The Morgan fingerprint density at radius 1 is 1.19 bits per heavy atom. The smallest absolute Gasteiger partial charge is 0.309 e. The first-order valence-electron chi connectivity index (χ1n) is 11.3. The first-order valence-corrected chi connectivity index (χ1v) is 11.3. The quantitative estimate of drug-likeness (QED) is 0.153. The predicted octanol–water partition coefficient (Wildman–Crippen LogP) is 0.841. The normalized spacial score (nSPS) is 13.8. The van der Waals surface area contributed by atoms with Gasteiger partial charge in [-0.2, -0.15) is 0 Å². The summed E-state index contributed by atoms with van der Waals surface area (Å²) < 4.78 is 5.95. The number of hydrogen-bond donors (Lipinski definition) is 2. The Morgan fingerprint density at radius 3 is 2.31 bits per heavy atom. The standard InChI is InChI=1S/C23H43N3O6/c1-8-18(20(29)25(4)11-13-27)16-19(21(30)32-15-14-28)17-23(2,3)22(31)24-10-9-12-26(5,6)7/h13,18-19,28H,8-12,14-17H2,1-7H3/p+1. The molecule has 0 aliphatic carbocycles. The van der Waals surface area contributed by atoms with Crippen molar-refractivity contribution in [2.24, 2.45) is 17.3 Å². The van der Waals surface area contributed by atoms with Gasteiger partial charge in [-0.3, -0.25) is 14.4 Å². The minimum Gasteiger partial charge on any atom is -0.463 e. The van der Waals surface area contributed by atoms with Crippen molar-refractivity contribution in [2.75, 3.05) is 61.0 Å². The van der Waals surface area contributed by atoms with Crippen LogP contribution in [0.5, 0.6) is 0 Å². The molecule has 0 heterocycles. The van der Waals surface area contributed by atoms with Gasteiger partial charge in [0.25, 0.3) is 0 Å². The lowest BCUT2D eigenvalue weighted by atomic mass is 9.78. The lowest BCUT2D eigenvalue weighted by Gasteiger charge is -2.30. The van der Waals surface area contributed by atoms with Gasteiger partial charge in [-0.25, -0.2) is 0 Å². The number of likely N-dealkylation sites (N-methyl/N-ethyl adjacent to an activating group) is 1. The maximum Gasteiger partial charge on any atom is 0.309 e. The second-order valence-electron chi connectivity index (χ2n) is 10.0. The van der Waals surface area contributed by atoms with Gasteiger partial charge in [0.15, 0.2) is 0 Å². The van der Waals surface area contributed by atoms with Gasteiger partial charge >= 0.3 is 5.97 Å². The molecule has 0 spiro atoms. The van der Waals surface area contributed by atoms with E-state index in [4.69, 9.17) is 9.84 Å². The number of ether oxygens (including phenoxy) is 1. The predicted molar refractivity (Wildman–Crippen MR) is 123 cm³/mol. The molecule has 0 bridgehead atoms. The molecule has 2 unspecified atom stereocenters. The zero-order valence-electron chi connectivity index (χ0n) is 21.0. The molecule has 0 aromatic heterocycles. The summed E-state index contributed by atoms with van der Waals surface area (Å²) in [6, 6.07) is 0. The van der Waals surface area contributed by atoms with E-state index in [1.807, 2.05) is 6.92 Å². The number of aliphatic hydroxyl groups excluding tert-OH is 1. The molecule has 0 saturated heterocycles. The minimum absolute atomic E-state index is 0.0177. The van der Waals surface area contributed by atoms with E-state index in [9.17, 15) is 19.2 Å². The van der Waals surface area contributed by atoms with Crippen molar-refractivity contribution in [3.8, 4) is 0 Å². The zero-order valence-corrected chi connectivity index (χ0v) is 21.0. The summed E-state index contributed by atoms with van der Waals surface area (Å²) in [4.78, 5) is 50.3. The highest BCUT2D eigenvalue weighted by Gasteiger charge is 2.37. The van der Waals surface area contributed by atoms with Crippen molar-refractivity contribution in [1.29, 1.82) is 0 Å². The molecule has 0 fully saturated rings. The number of carbonyl (C=O) groups is 4. The molecule has 2 N–H and O–H groups in total. The highest BCUT2D eigenvalue weighted by molar-refractivity contribution is 5.84. The van der Waals surface area contributed by atoms with Crippen molar-refractivity contribution in [1.82, 2.24) is 10.2 Å². The molecule has 9 heteroatoms. The fourth-order valence-electron chi connectivity index (χ4n) is 3.53. The van der Waals surface area contributed by atoms with Crippen molar-refractivity contribution in [3.05, 3.63) is 0 Å². The maximum atomic E-state index is 12.8. The van der Waals surface area contributed by atoms with Crippen LogP contribution >= 0.6 is 0 Å². The number of amides is 2. The Morgan fingerprint density at radius 2 is 1.81 bits per heavy atom. The van der Waals surface area contributed by atoms with E-state index in [-0.39, 0.29) is 44.4 Å². The van der Waals surface area contributed by atoms with Crippen molar-refractivity contribution >= 4 is 24.1 Å². The molecule has 0 rings (SSSR count). The summed E-state index contributed by atoms with van der Waals surface area (Å²) in [5, 5.41) is 12.0. The Kier molecular flexibility index (Phi) is 13.3. The lowest BCUT2D eigenvalue weighted by molar-refractivity contribution is -0.870. The van der Waals surface area contributed by atoms with Crippen molar-refractivity contribution in [2.45, 2.75) is 46.5 Å². The fraction of sp³-hybridized carbons (Fsp3) is 0.826. The van der Waals surface area contributed by atoms with Crippen LogP contribution in [0.4, 0.5) is 0 Å². The highest BCUT2D eigenvalue weighted by Crippen LogP contribution is 2.32. The van der Waals surface area contributed by atoms with Crippen LogP contribution in [0.1, 0.15) is 46.5 Å². The van der Waals surface area contributed by atoms with E-state index in [0.29, 0.717) is 19.3 Å². The molecule has 2 atom stereocenters. The number of aliphatic hydroxyl groups is 1. The number of carbonyl (C=O) groups excluding carboxylic acids is 4. The van der Waals surface area contributed by atoms with E-state index in [1.54, 1.807) is 20.9 Å². The SMILES string of the molecule is CCC(CC(CC(C)(C)C(=O)NCCC[N+](C)(C)C)C(=O)OCCO)C(=O)N(C)CC=O. The maximum absolute atomic E-state index is 12.8. The third kappa shape index (κ3) is 11.6. The van der Waals surface area contributed by atoms with Crippen molar-refractivity contribution in [3.63, 3.8) is 0 Å². The average Bonchev–Trinajstić information content (AvgIpc) is 2.70. The van der Waals surface area contributed by atoms with Crippen LogP contribution < -0.4 is 5.32 Å². The molecule has 0 radical (unpaired) electrons. The molecule has 9 nitrogen and oxygen atoms in total. The second kappa shape index (κ2) is 14.2. The van der Waals surface area contributed by atoms with Crippen molar-refractivity contribution < 1.29 is 33.5 Å². The van der Waals surface area contributed by atoms with Gasteiger partial charge < -0.3 is 29.3 Å². The molecule has 32 heavy (non-hydrogen) atoms. The topological polar surface area (TPSA) is 113 Å². The molecule has 186 valence electrons. The van der Waals surface area contributed by atoms with Crippen LogP contribution in [0.2, 0.25) is 0 Å². The summed E-state index contributed by atoms with van der Waals surface area (Å²) in [6.45, 7) is 6.41. The fourth-order valence-corrected chi connectivity index (χ4v) is 3.53. The van der Waals surface area contributed by atoms with E-state index in [1.165, 1.54) is 4.90 Å².